The Morgan fingerprint density at radius 3 is 2.41 bits per heavy atom. The van der Waals surface area contributed by atoms with Gasteiger partial charge in [-0.3, -0.25) is 4.79 Å². The summed E-state index contributed by atoms with van der Waals surface area (Å²) in [5, 5.41) is 21.4. The molecule has 6 nitrogen and oxygen atoms in total. The molecule has 0 aliphatic carbocycles. The van der Waals surface area contributed by atoms with Crippen molar-refractivity contribution in [2.24, 2.45) is 0 Å². The van der Waals surface area contributed by atoms with E-state index in [0.29, 0.717) is 5.69 Å². The number of rotatable bonds is 4. The molecule has 0 aliphatic rings. The van der Waals surface area contributed by atoms with Gasteiger partial charge in [-0.1, -0.05) is 12.1 Å². The lowest BCUT2D eigenvalue weighted by atomic mass is 10.2. The molecule has 2 aromatic carbocycles. The fourth-order valence-electron chi connectivity index (χ4n) is 2.16. The summed E-state index contributed by atoms with van der Waals surface area (Å²) in [4.78, 5) is 12.2. The van der Waals surface area contributed by atoms with Crippen LogP contribution in [0.1, 0.15) is 16.1 Å². The Morgan fingerprint density at radius 2 is 1.70 bits per heavy atom. The minimum Gasteiger partial charge on any atom is -0.336 e. The number of benzene rings is 2. The van der Waals surface area contributed by atoms with E-state index in [2.05, 4.69) is 20.8 Å². The maximum Gasteiger partial charge on any atom is 0.276 e. The second kappa shape index (κ2) is 7.53. The molecule has 2 N–H and O–H groups in total. The lowest BCUT2D eigenvalue weighted by Gasteiger charge is -2.08. The molecule has 0 bridgehead atoms. The van der Waals surface area contributed by atoms with Crippen molar-refractivity contribution in [2.45, 2.75) is 0 Å². The van der Waals surface area contributed by atoms with Gasteiger partial charge in [-0.2, -0.15) is 5.26 Å². The van der Waals surface area contributed by atoms with Crippen LogP contribution < -0.4 is 10.6 Å². The first-order chi connectivity index (χ1) is 13.0. The maximum absolute atomic E-state index is 13.7. The molecule has 134 valence electrons. The number of carbonyl (C=O) groups excluding carboxylic acids is 1. The van der Waals surface area contributed by atoms with E-state index in [9.17, 15) is 18.0 Å². The summed E-state index contributed by atoms with van der Waals surface area (Å²) >= 11 is 0. The van der Waals surface area contributed by atoms with Crippen molar-refractivity contribution in [3.63, 3.8) is 0 Å². The smallest absolute Gasteiger partial charge is 0.276 e. The number of amides is 1. The molecular weight excluding hydrogens is 359 g/mol. The van der Waals surface area contributed by atoms with Crippen molar-refractivity contribution < 1.29 is 18.0 Å². The van der Waals surface area contributed by atoms with E-state index in [4.69, 9.17) is 5.26 Å². The Bertz CT molecular complexity index is 1050. The van der Waals surface area contributed by atoms with Crippen LogP contribution in [0.15, 0.2) is 48.5 Å². The molecule has 0 spiro atoms. The normalized spacial score (nSPS) is 10.1. The molecule has 0 radical (unpaired) electrons. The summed E-state index contributed by atoms with van der Waals surface area (Å²) in [7, 11) is 0. The van der Waals surface area contributed by atoms with Crippen LogP contribution in [0.4, 0.5) is 30.4 Å². The largest absolute Gasteiger partial charge is 0.336 e. The van der Waals surface area contributed by atoms with Crippen LogP contribution in [0, 0.1) is 28.8 Å². The molecule has 1 amide bonds. The van der Waals surface area contributed by atoms with E-state index in [1.54, 1.807) is 24.3 Å². The Labute approximate surface area is 151 Å². The second-order valence-corrected chi connectivity index (χ2v) is 5.26. The third-order valence-corrected chi connectivity index (χ3v) is 3.49. The summed E-state index contributed by atoms with van der Waals surface area (Å²) in [5.41, 5.74) is 0.214. The zero-order valence-electron chi connectivity index (χ0n) is 13.5. The Balaban J connectivity index is 1.75. The second-order valence-electron chi connectivity index (χ2n) is 5.26. The first kappa shape index (κ1) is 17.9. The number of nitrogens with one attached hydrogen (secondary N) is 2. The van der Waals surface area contributed by atoms with Gasteiger partial charge in [-0.25, -0.2) is 13.2 Å². The standard InChI is InChI=1S/C18H10F3N5O/c19-11-5-6-13(17(21)16(11)20)23-15-8-7-14(25-26-15)18(27)24-12-4-2-1-3-10(12)9-22/h1-8H,(H,23,26)(H,24,27). The van der Waals surface area contributed by atoms with Crippen molar-refractivity contribution in [3.8, 4) is 6.07 Å². The number of para-hydroxylation sites is 1. The quantitative estimate of drug-likeness (QED) is 0.684. The van der Waals surface area contributed by atoms with E-state index in [1.165, 1.54) is 12.1 Å². The molecule has 0 saturated carbocycles. The van der Waals surface area contributed by atoms with E-state index < -0.39 is 23.4 Å². The van der Waals surface area contributed by atoms with Crippen LogP contribution >= 0.6 is 0 Å². The van der Waals surface area contributed by atoms with E-state index in [0.717, 1.165) is 12.1 Å². The molecule has 1 aromatic heterocycles. The predicted octanol–water partition coefficient (Wildman–Crippen LogP) is 3.76. The molecule has 0 aliphatic heterocycles. The highest BCUT2D eigenvalue weighted by atomic mass is 19.2. The van der Waals surface area contributed by atoms with Gasteiger partial charge in [0.25, 0.3) is 5.91 Å². The van der Waals surface area contributed by atoms with Crippen LogP contribution in [0.2, 0.25) is 0 Å². The summed E-state index contributed by atoms with van der Waals surface area (Å²) < 4.78 is 39.8. The van der Waals surface area contributed by atoms with Gasteiger partial charge in [0, 0.05) is 0 Å². The van der Waals surface area contributed by atoms with Crippen LogP contribution in [-0.2, 0) is 0 Å². The minimum absolute atomic E-state index is 0.0221. The van der Waals surface area contributed by atoms with Crippen LogP contribution in [0.5, 0.6) is 0 Å². The molecule has 0 unspecified atom stereocenters. The average molecular weight is 369 g/mol. The van der Waals surface area contributed by atoms with E-state index >= 15 is 0 Å². The lowest BCUT2D eigenvalue weighted by Crippen LogP contribution is -2.15. The van der Waals surface area contributed by atoms with Crippen LogP contribution in [0.25, 0.3) is 0 Å². The van der Waals surface area contributed by atoms with Crippen molar-refractivity contribution in [3.05, 3.63) is 77.2 Å². The van der Waals surface area contributed by atoms with Gasteiger partial charge in [-0.05, 0) is 36.4 Å². The van der Waals surface area contributed by atoms with Crippen molar-refractivity contribution in [1.82, 2.24) is 10.2 Å². The van der Waals surface area contributed by atoms with Crippen LogP contribution in [0.3, 0.4) is 0 Å². The number of aromatic nitrogens is 2. The third kappa shape index (κ3) is 3.85. The highest BCUT2D eigenvalue weighted by molar-refractivity contribution is 6.03. The van der Waals surface area contributed by atoms with Gasteiger partial charge in [0.05, 0.1) is 16.9 Å². The maximum atomic E-state index is 13.7. The number of carbonyl (C=O) groups is 1. The van der Waals surface area contributed by atoms with E-state index in [-0.39, 0.29) is 22.8 Å². The predicted molar refractivity (Wildman–Crippen MR) is 90.7 cm³/mol. The first-order valence-electron chi connectivity index (χ1n) is 7.54. The number of hydrogen-bond donors (Lipinski definition) is 2. The number of nitrogens with zero attached hydrogens (tertiary/aromatic N) is 3. The number of anilines is 3. The number of nitriles is 1. The summed E-state index contributed by atoms with van der Waals surface area (Å²) in [6, 6.07) is 12.8. The highest BCUT2D eigenvalue weighted by Gasteiger charge is 2.15. The molecule has 27 heavy (non-hydrogen) atoms. The van der Waals surface area contributed by atoms with Crippen molar-refractivity contribution in [2.75, 3.05) is 10.6 Å². The molecule has 0 atom stereocenters. The Morgan fingerprint density at radius 1 is 0.926 bits per heavy atom. The van der Waals surface area contributed by atoms with Gasteiger partial charge in [-0.15, -0.1) is 10.2 Å². The zero-order chi connectivity index (χ0) is 19.4. The topological polar surface area (TPSA) is 90.7 Å². The average Bonchev–Trinajstić information content (AvgIpc) is 2.69. The molecule has 1 heterocycles. The SMILES string of the molecule is N#Cc1ccccc1NC(=O)c1ccc(Nc2ccc(F)c(F)c2F)nn1. The minimum atomic E-state index is -1.61. The third-order valence-electron chi connectivity index (χ3n) is 3.49. The van der Waals surface area contributed by atoms with Gasteiger partial charge in [0.1, 0.15) is 6.07 Å². The number of hydrogen-bond acceptors (Lipinski definition) is 5. The van der Waals surface area contributed by atoms with Crippen molar-refractivity contribution >= 4 is 23.1 Å². The van der Waals surface area contributed by atoms with E-state index in [1.807, 2.05) is 6.07 Å². The summed E-state index contributed by atoms with van der Waals surface area (Å²) in [5.74, 6) is -4.90. The molecule has 3 rings (SSSR count). The van der Waals surface area contributed by atoms with Gasteiger partial charge >= 0.3 is 0 Å². The monoisotopic (exact) mass is 369 g/mol. The Hall–Kier alpha value is -3.93. The summed E-state index contributed by atoms with van der Waals surface area (Å²) in [6.45, 7) is 0. The molecule has 0 fully saturated rings. The molecular formula is C18H10F3N5O. The van der Waals surface area contributed by atoms with Crippen molar-refractivity contribution in [1.29, 1.82) is 5.26 Å². The number of halogens is 3. The fourth-order valence-corrected chi connectivity index (χ4v) is 2.16. The molecule has 9 heteroatoms. The van der Waals surface area contributed by atoms with Gasteiger partial charge in [0.2, 0.25) is 0 Å². The van der Waals surface area contributed by atoms with Crippen LogP contribution in [-0.4, -0.2) is 16.1 Å². The Kier molecular flexibility index (Phi) is 4.99. The zero-order valence-corrected chi connectivity index (χ0v) is 13.5. The lowest BCUT2D eigenvalue weighted by molar-refractivity contribution is 0.102. The summed E-state index contributed by atoms with van der Waals surface area (Å²) in [6.07, 6.45) is 0. The molecule has 0 saturated heterocycles. The van der Waals surface area contributed by atoms with Gasteiger partial charge in [0.15, 0.2) is 29.0 Å². The highest BCUT2D eigenvalue weighted by Crippen LogP contribution is 2.22. The first-order valence-corrected chi connectivity index (χ1v) is 7.54. The van der Waals surface area contributed by atoms with Gasteiger partial charge < -0.3 is 10.6 Å². The fraction of sp³-hybridized carbons (Fsp3) is 0. The molecule has 3 aromatic rings.